The Labute approximate surface area is 197 Å². The van der Waals surface area contributed by atoms with E-state index in [-0.39, 0.29) is 23.6 Å². The summed E-state index contributed by atoms with van der Waals surface area (Å²) < 4.78 is 43.6. The number of piperidine rings is 1. The predicted octanol–water partition coefficient (Wildman–Crippen LogP) is 4.35. The first kappa shape index (κ1) is 24.5. The molecule has 1 unspecified atom stereocenters. The number of piperazine rings is 1. The van der Waals surface area contributed by atoms with E-state index in [0.29, 0.717) is 13.1 Å². The highest BCUT2D eigenvalue weighted by Crippen LogP contribution is 2.39. The highest BCUT2D eigenvalue weighted by molar-refractivity contribution is 5.94. The van der Waals surface area contributed by atoms with Crippen molar-refractivity contribution in [2.75, 3.05) is 26.7 Å². The molecule has 1 aromatic heterocycles. The number of ether oxygens (including phenoxy) is 1. The lowest BCUT2D eigenvalue weighted by atomic mass is 9.86. The smallest absolute Gasteiger partial charge is 0.420 e. The molecule has 2 aliphatic rings. The Morgan fingerprint density at radius 1 is 1.15 bits per heavy atom. The average molecular weight is 478 g/mol. The molecule has 2 aromatic rings. The number of carbonyl (C=O) groups is 1. The van der Waals surface area contributed by atoms with Crippen molar-refractivity contribution < 1.29 is 27.8 Å². The van der Waals surface area contributed by atoms with Gasteiger partial charge in [0.15, 0.2) is 6.10 Å². The van der Waals surface area contributed by atoms with Crippen LogP contribution < -0.4 is 4.74 Å². The van der Waals surface area contributed by atoms with Gasteiger partial charge in [-0.2, -0.15) is 13.2 Å². The van der Waals surface area contributed by atoms with E-state index in [9.17, 15) is 23.1 Å². The summed E-state index contributed by atoms with van der Waals surface area (Å²) in [5.41, 5.74) is 3.37. The van der Waals surface area contributed by atoms with Crippen LogP contribution >= 0.6 is 0 Å². The summed E-state index contributed by atoms with van der Waals surface area (Å²) in [6.07, 6.45) is -3.24. The minimum atomic E-state index is -4.80. The normalized spacial score (nSPS) is 22.3. The molecule has 1 aromatic carbocycles. The fourth-order valence-electron chi connectivity index (χ4n) is 5.21. The number of pyridine rings is 1. The van der Waals surface area contributed by atoms with Gasteiger partial charge in [-0.25, -0.2) is 0 Å². The molecule has 184 valence electrons. The van der Waals surface area contributed by atoms with Crippen LogP contribution in [0.3, 0.4) is 0 Å². The van der Waals surface area contributed by atoms with E-state index in [2.05, 4.69) is 29.8 Å². The fraction of sp³-hybridized carbons (Fsp3) is 0.520. The molecule has 0 saturated carbocycles. The molecule has 1 N–H and O–H groups in total. The van der Waals surface area contributed by atoms with Crippen LogP contribution in [0.1, 0.15) is 64.2 Å². The van der Waals surface area contributed by atoms with Crippen molar-refractivity contribution in [3.05, 3.63) is 58.4 Å². The second-order valence-electron chi connectivity index (χ2n) is 9.11. The van der Waals surface area contributed by atoms with Gasteiger partial charge in [0, 0.05) is 37.9 Å². The van der Waals surface area contributed by atoms with E-state index >= 15 is 0 Å². The Hall–Kier alpha value is -2.65. The van der Waals surface area contributed by atoms with Gasteiger partial charge in [0.1, 0.15) is 5.75 Å². The number of carbonyl (C=O) groups excluding carboxylic acids is 1. The first-order valence-electron chi connectivity index (χ1n) is 11.5. The zero-order chi connectivity index (χ0) is 24.6. The molecular formula is C25H30F3N3O3. The zero-order valence-corrected chi connectivity index (χ0v) is 19.6. The van der Waals surface area contributed by atoms with Gasteiger partial charge in [-0.15, -0.1) is 0 Å². The zero-order valence-electron chi connectivity index (χ0n) is 19.6. The number of hydrogen-bond donors (Lipinski definition) is 1. The number of aliphatic hydroxyl groups is 1. The first-order chi connectivity index (χ1) is 16.1. The summed E-state index contributed by atoms with van der Waals surface area (Å²) in [7, 11) is 1.68. The minimum Gasteiger partial charge on any atom is -0.496 e. The van der Waals surface area contributed by atoms with E-state index in [1.54, 1.807) is 12.0 Å². The number of rotatable bonds is 4. The van der Waals surface area contributed by atoms with Crippen molar-refractivity contribution in [1.82, 2.24) is 14.8 Å². The van der Waals surface area contributed by atoms with Gasteiger partial charge in [-0.1, -0.05) is 6.07 Å². The van der Waals surface area contributed by atoms with Crippen molar-refractivity contribution in [3.63, 3.8) is 0 Å². The number of aromatic nitrogens is 1. The summed E-state index contributed by atoms with van der Waals surface area (Å²) in [4.78, 5) is 21.0. The van der Waals surface area contributed by atoms with E-state index < -0.39 is 18.0 Å². The Morgan fingerprint density at radius 3 is 2.56 bits per heavy atom. The predicted molar refractivity (Wildman–Crippen MR) is 121 cm³/mol. The molecule has 0 spiro atoms. The third-order valence-corrected chi connectivity index (χ3v) is 7.21. The molecule has 3 atom stereocenters. The monoisotopic (exact) mass is 477 g/mol. The largest absolute Gasteiger partial charge is 0.496 e. The number of amides is 1. The number of hydrogen-bond acceptors (Lipinski definition) is 5. The second kappa shape index (κ2) is 9.54. The average Bonchev–Trinajstić information content (AvgIpc) is 2.83. The van der Waals surface area contributed by atoms with Crippen molar-refractivity contribution in [2.24, 2.45) is 0 Å². The Kier molecular flexibility index (Phi) is 6.87. The number of halogens is 3. The summed E-state index contributed by atoms with van der Waals surface area (Å²) in [5, 5.41) is 9.35. The van der Waals surface area contributed by atoms with E-state index in [4.69, 9.17) is 4.74 Å². The number of aliphatic hydroxyl groups excluding tert-OH is 1. The number of methoxy groups -OCH3 is 1. The maximum absolute atomic E-state index is 13.0. The molecule has 0 radical (unpaired) electrons. The quantitative estimate of drug-likeness (QED) is 0.709. The number of alkyl halides is 3. The van der Waals surface area contributed by atoms with E-state index in [0.717, 1.165) is 49.4 Å². The van der Waals surface area contributed by atoms with Gasteiger partial charge >= 0.3 is 6.18 Å². The van der Waals surface area contributed by atoms with Crippen LogP contribution in [0.2, 0.25) is 0 Å². The lowest BCUT2D eigenvalue weighted by Gasteiger charge is -2.48. The molecular weight excluding hydrogens is 447 g/mol. The van der Waals surface area contributed by atoms with Crippen LogP contribution in [0, 0.1) is 13.8 Å². The molecule has 0 aliphatic carbocycles. The van der Waals surface area contributed by atoms with E-state index in [1.807, 2.05) is 6.07 Å². The second-order valence-corrected chi connectivity index (χ2v) is 9.11. The number of benzene rings is 1. The van der Waals surface area contributed by atoms with Crippen LogP contribution in [-0.4, -0.2) is 64.8 Å². The van der Waals surface area contributed by atoms with Gasteiger partial charge in [0.2, 0.25) is 0 Å². The summed E-state index contributed by atoms with van der Waals surface area (Å²) >= 11 is 0. The van der Waals surface area contributed by atoms with Crippen molar-refractivity contribution >= 4 is 5.91 Å². The highest BCUT2D eigenvalue weighted by Gasteiger charge is 2.41. The summed E-state index contributed by atoms with van der Waals surface area (Å²) in [6.45, 7) is 6.03. The molecule has 3 heterocycles. The molecule has 2 fully saturated rings. The van der Waals surface area contributed by atoms with Crippen LogP contribution in [0.5, 0.6) is 5.75 Å². The van der Waals surface area contributed by atoms with Gasteiger partial charge < -0.3 is 14.7 Å². The standard InChI is InChI=1S/C25H30F3N3O3/c1-15-16(2)22(34-3)10-8-19(15)21-6-4-5-18-14-30(11-12-31(18)21)24(33)17-7-9-20(29-13-17)23(32)25(26,27)28/h7-10,13,18,21,23,32H,4-6,11-12,14H2,1-3H3/t18-,21+,23?/m0/s1. The Balaban J connectivity index is 1.47. The third-order valence-electron chi connectivity index (χ3n) is 7.21. The molecule has 2 aliphatic heterocycles. The highest BCUT2D eigenvalue weighted by atomic mass is 19.4. The van der Waals surface area contributed by atoms with Crippen molar-refractivity contribution in [2.45, 2.75) is 57.5 Å². The molecule has 4 rings (SSSR count). The summed E-state index contributed by atoms with van der Waals surface area (Å²) in [6, 6.07) is 7.04. The van der Waals surface area contributed by atoms with Gasteiger partial charge in [0.05, 0.1) is 18.4 Å². The molecule has 9 heteroatoms. The van der Waals surface area contributed by atoms with Crippen LogP contribution in [0.15, 0.2) is 30.5 Å². The first-order valence-corrected chi connectivity index (χ1v) is 11.5. The fourth-order valence-corrected chi connectivity index (χ4v) is 5.21. The number of fused-ring (bicyclic) bond motifs is 1. The lowest BCUT2D eigenvalue weighted by Crippen LogP contribution is -2.57. The van der Waals surface area contributed by atoms with Crippen LogP contribution in [0.25, 0.3) is 0 Å². The van der Waals surface area contributed by atoms with Gasteiger partial charge in [0.25, 0.3) is 5.91 Å². The lowest BCUT2D eigenvalue weighted by molar-refractivity contribution is -0.207. The molecule has 0 bridgehead atoms. The van der Waals surface area contributed by atoms with Crippen LogP contribution in [0.4, 0.5) is 13.2 Å². The van der Waals surface area contributed by atoms with Crippen LogP contribution in [-0.2, 0) is 0 Å². The van der Waals surface area contributed by atoms with Gasteiger partial charge in [-0.3, -0.25) is 14.7 Å². The van der Waals surface area contributed by atoms with Gasteiger partial charge in [-0.05, 0) is 68.0 Å². The maximum Gasteiger partial charge on any atom is 0.420 e. The van der Waals surface area contributed by atoms with E-state index in [1.165, 1.54) is 17.2 Å². The molecule has 2 saturated heterocycles. The maximum atomic E-state index is 13.0. The Bertz CT molecular complexity index is 1040. The number of nitrogens with zero attached hydrogens (tertiary/aromatic N) is 3. The molecule has 6 nitrogen and oxygen atoms in total. The van der Waals surface area contributed by atoms with Crippen molar-refractivity contribution in [3.8, 4) is 5.75 Å². The minimum absolute atomic E-state index is 0.220. The third kappa shape index (κ3) is 4.63. The summed E-state index contributed by atoms with van der Waals surface area (Å²) in [5.74, 6) is 0.630. The molecule has 1 amide bonds. The topological polar surface area (TPSA) is 65.9 Å². The molecule has 34 heavy (non-hydrogen) atoms. The Morgan fingerprint density at radius 2 is 1.91 bits per heavy atom. The SMILES string of the molecule is COc1ccc([C@H]2CCC[C@H]3CN(C(=O)c4ccc(C(O)C(F)(F)F)nc4)CCN32)c(C)c1C. The van der Waals surface area contributed by atoms with Crippen molar-refractivity contribution in [1.29, 1.82) is 0 Å².